The number of aryl methyl sites for hydroxylation is 1. The molecule has 7 nitrogen and oxygen atoms in total. The lowest BCUT2D eigenvalue weighted by Crippen LogP contribution is -2.38. The number of hydrogen-bond acceptors (Lipinski definition) is 5. The third-order valence-electron chi connectivity index (χ3n) is 4.61. The lowest BCUT2D eigenvalue weighted by atomic mass is 10.1. The SMILES string of the molecule is CN(C)C[C@H]1COCCN(C(=O)c2cccc(-c3ccc(=O)n(C)n3)c2)C1. The Hall–Kier alpha value is -2.51. The molecule has 0 spiro atoms. The van der Waals surface area contributed by atoms with E-state index >= 15 is 0 Å². The van der Waals surface area contributed by atoms with Crippen molar-refractivity contribution >= 4 is 5.91 Å². The zero-order chi connectivity index (χ0) is 19.4. The van der Waals surface area contributed by atoms with Gasteiger partial charge in [-0.05, 0) is 32.3 Å². The highest BCUT2D eigenvalue weighted by molar-refractivity contribution is 5.95. The molecule has 0 N–H and O–H groups in total. The molecular formula is C20H26N4O3. The summed E-state index contributed by atoms with van der Waals surface area (Å²) in [5.74, 6) is 0.288. The maximum Gasteiger partial charge on any atom is 0.266 e. The van der Waals surface area contributed by atoms with Gasteiger partial charge in [0.15, 0.2) is 0 Å². The third kappa shape index (κ3) is 4.81. The molecule has 0 aliphatic carbocycles. The van der Waals surface area contributed by atoms with Gasteiger partial charge in [0.05, 0.1) is 18.9 Å². The normalized spacial score (nSPS) is 17.8. The first kappa shape index (κ1) is 19.3. The smallest absolute Gasteiger partial charge is 0.266 e. The van der Waals surface area contributed by atoms with E-state index in [1.54, 1.807) is 13.1 Å². The van der Waals surface area contributed by atoms with Gasteiger partial charge in [-0.25, -0.2) is 4.68 Å². The lowest BCUT2D eigenvalue weighted by Gasteiger charge is -2.25. The Bertz CT molecular complexity index is 862. The summed E-state index contributed by atoms with van der Waals surface area (Å²) in [5, 5.41) is 4.27. The molecule has 1 saturated heterocycles. The fourth-order valence-electron chi connectivity index (χ4n) is 3.34. The van der Waals surface area contributed by atoms with Gasteiger partial charge in [0.1, 0.15) is 0 Å². The van der Waals surface area contributed by atoms with E-state index < -0.39 is 0 Å². The highest BCUT2D eigenvalue weighted by atomic mass is 16.5. The van der Waals surface area contributed by atoms with Crippen LogP contribution < -0.4 is 5.56 Å². The molecule has 1 fully saturated rings. The van der Waals surface area contributed by atoms with Crippen molar-refractivity contribution in [3.05, 3.63) is 52.3 Å². The molecule has 2 heterocycles. The van der Waals surface area contributed by atoms with E-state index in [2.05, 4.69) is 10.00 Å². The highest BCUT2D eigenvalue weighted by Crippen LogP contribution is 2.19. The predicted octanol–water partition coefficient (Wildman–Crippen LogP) is 1.10. The van der Waals surface area contributed by atoms with E-state index in [4.69, 9.17) is 4.74 Å². The van der Waals surface area contributed by atoms with Crippen molar-refractivity contribution in [3.8, 4) is 11.3 Å². The monoisotopic (exact) mass is 370 g/mol. The molecule has 0 radical (unpaired) electrons. The minimum absolute atomic E-state index is 0.00377. The van der Waals surface area contributed by atoms with Gasteiger partial charge in [-0.3, -0.25) is 9.59 Å². The summed E-state index contributed by atoms with van der Waals surface area (Å²) < 4.78 is 6.97. The average molecular weight is 370 g/mol. The minimum atomic E-state index is -0.164. The van der Waals surface area contributed by atoms with Crippen LogP contribution in [0.2, 0.25) is 0 Å². The molecule has 0 saturated carbocycles. The van der Waals surface area contributed by atoms with Crippen molar-refractivity contribution < 1.29 is 9.53 Å². The van der Waals surface area contributed by atoms with Crippen LogP contribution in [0, 0.1) is 5.92 Å². The first-order valence-corrected chi connectivity index (χ1v) is 9.10. The lowest BCUT2D eigenvalue weighted by molar-refractivity contribution is 0.0735. The second-order valence-corrected chi connectivity index (χ2v) is 7.22. The van der Waals surface area contributed by atoms with Crippen molar-refractivity contribution in [3.63, 3.8) is 0 Å². The molecule has 144 valence electrons. The van der Waals surface area contributed by atoms with Crippen molar-refractivity contribution in [1.29, 1.82) is 0 Å². The molecular weight excluding hydrogens is 344 g/mol. The second kappa shape index (κ2) is 8.45. The zero-order valence-corrected chi connectivity index (χ0v) is 16.1. The number of ether oxygens (including phenoxy) is 1. The molecule has 1 aromatic heterocycles. The van der Waals surface area contributed by atoms with Gasteiger partial charge in [0.25, 0.3) is 11.5 Å². The van der Waals surface area contributed by atoms with Crippen LogP contribution in [-0.4, -0.2) is 72.4 Å². The van der Waals surface area contributed by atoms with Crippen molar-refractivity contribution in [1.82, 2.24) is 19.6 Å². The first-order chi connectivity index (χ1) is 12.9. The molecule has 1 aliphatic rings. The van der Waals surface area contributed by atoms with Crippen LogP contribution in [0.3, 0.4) is 0 Å². The summed E-state index contributed by atoms with van der Waals surface area (Å²) in [5.41, 5.74) is 1.93. The summed E-state index contributed by atoms with van der Waals surface area (Å²) in [6.45, 7) is 3.37. The van der Waals surface area contributed by atoms with E-state index in [0.29, 0.717) is 43.5 Å². The van der Waals surface area contributed by atoms with Crippen LogP contribution in [0.1, 0.15) is 10.4 Å². The number of nitrogens with zero attached hydrogens (tertiary/aromatic N) is 4. The number of benzene rings is 1. The fourth-order valence-corrected chi connectivity index (χ4v) is 3.34. The predicted molar refractivity (Wildman–Crippen MR) is 104 cm³/mol. The summed E-state index contributed by atoms with van der Waals surface area (Å²) in [4.78, 5) is 28.6. The molecule has 1 atom stereocenters. The van der Waals surface area contributed by atoms with Crippen LogP contribution in [-0.2, 0) is 11.8 Å². The van der Waals surface area contributed by atoms with Gasteiger partial charge < -0.3 is 14.5 Å². The third-order valence-corrected chi connectivity index (χ3v) is 4.61. The van der Waals surface area contributed by atoms with Crippen LogP contribution in [0.5, 0.6) is 0 Å². The standard InChI is InChI=1S/C20H26N4O3/c1-22(2)12-15-13-24(9-10-27-14-15)20(26)17-6-4-5-16(11-17)18-7-8-19(25)23(3)21-18/h4-8,11,15H,9-10,12-14H2,1-3H3/t15-/m1/s1. The molecule has 0 unspecified atom stereocenters. The summed E-state index contributed by atoms with van der Waals surface area (Å²) in [6, 6.07) is 10.6. The minimum Gasteiger partial charge on any atom is -0.379 e. The summed E-state index contributed by atoms with van der Waals surface area (Å²) in [7, 11) is 5.67. The van der Waals surface area contributed by atoms with Gasteiger partial charge in [-0.15, -0.1) is 0 Å². The Labute approximate surface area is 159 Å². The van der Waals surface area contributed by atoms with E-state index in [-0.39, 0.29) is 11.5 Å². The van der Waals surface area contributed by atoms with Crippen molar-refractivity contribution in [2.45, 2.75) is 0 Å². The van der Waals surface area contributed by atoms with Crippen LogP contribution in [0.4, 0.5) is 0 Å². The van der Waals surface area contributed by atoms with Gasteiger partial charge >= 0.3 is 0 Å². The highest BCUT2D eigenvalue weighted by Gasteiger charge is 2.24. The average Bonchev–Trinajstić information content (AvgIpc) is 2.88. The Morgan fingerprint density at radius 2 is 2.11 bits per heavy atom. The quantitative estimate of drug-likeness (QED) is 0.806. The van der Waals surface area contributed by atoms with E-state index in [1.807, 2.05) is 43.3 Å². The first-order valence-electron chi connectivity index (χ1n) is 9.10. The summed E-state index contributed by atoms with van der Waals surface area (Å²) in [6.07, 6.45) is 0. The van der Waals surface area contributed by atoms with E-state index in [1.165, 1.54) is 10.7 Å². The maximum absolute atomic E-state index is 13.1. The van der Waals surface area contributed by atoms with Gasteiger partial charge in [0.2, 0.25) is 0 Å². The Balaban J connectivity index is 1.81. The molecule has 2 aromatic rings. The maximum atomic E-state index is 13.1. The van der Waals surface area contributed by atoms with Gasteiger partial charge in [0, 0.05) is 49.8 Å². The van der Waals surface area contributed by atoms with Crippen molar-refractivity contribution in [2.75, 3.05) is 46.9 Å². The van der Waals surface area contributed by atoms with Crippen LogP contribution in [0.15, 0.2) is 41.2 Å². The van der Waals surface area contributed by atoms with Crippen molar-refractivity contribution in [2.24, 2.45) is 13.0 Å². The molecule has 27 heavy (non-hydrogen) atoms. The number of hydrogen-bond donors (Lipinski definition) is 0. The molecule has 1 aliphatic heterocycles. The number of amides is 1. The Kier molecular flexibility index (Phi) is 6.03. The van der Waals surface area contributed by atoms with Gasteiger partial charge in [-0.2, -0.15) is 5.10 Å². The number of carbonyl (C=O) groups is 1. The number of aromatic nitrogens is 2. The fraction of sp³-hybridized carbons (Fsp3) is 0.450. The van der Waals surface area contributed by atoms with Crippen LogP contribution >= 0.6 is 0 Å². The Morgan fingerprint density at radius 3 is 2.85 bits per heavy atom. The summed E-state index contributed by atoms with van der Waals surface area (Å²) >= 11 is 0. The molecule has 7 heteroatoms. The molecule has 3 rings (SSSR count). The Morgan fingerprint density at radius 1 is 1.30 bits per heavy atom. The van der Waals surface area contributed by atoms with E-state index in [0.717, 1.165) is 12.1 Å². The topological polar surface area (TPSA) is 67.7 Å². The second-order valence-electron chi connectivity index (χ2n) is 7.22. The molecule has 0 bridgehead atoms. The van der Waals surface area contributed by atoms with Crippen LogP contribution in [0.25, 0.3) is 11.3 Å². The number of carbonyl (C=O) groups excluding carboxylic acids is 1. The largest absolute Gasteiger partial charge is 0.379 e. The zero-order valence-electron chi connectivity index (χ0n) is 16.1. The molecule has 1 aromatic carbocycles. The van der Waals surface area contributed by atoms with Gasteiger partial charge in [-0.1, -0.05) is 12.1 Å². The van der Waals surface area contributed by atoms with E-state index in [9.17, 15) is 9.59 Å². The number of rotatable bonds is 4. The molecule has 1 amide bonds.